The lowest BCUT2D eigenvalue weighted by Gasteiger charge is -2.11. The second-order valence-electron chi connectivity index (χ2n) is 7.18. The van der Waals surface area contributed by atoms with Crippen molar-refractivity contribution in [2.75, 3.05) is 12.4 Å². The fourth-order valence-corrected chi connectivity index (χ4v) is 3.00. The van der Waals surface area contributed by atoms with Crippen molar-refractivity contribution in [3.8, 4) is 11.5 Å². The number of rotatable bonds is 6. The van der Waals surface area contributed by atoms with E-state index in [0.29, 0.717) is 33.3 Å². The number of hydrazone groups is 1. The third kappa shape index (κ3) is 6.20. The molecule has 0 unspecified atom stereocenters. The van der Waals surface area contributed by atoms with Gasteiger partial charge in [-0.15, -0.1) is 0 Å². The lowest BCUT2D eigenvalue weighted by molar-refractivity contribution is -0.136. The van der Waals surface area contributed by atoms with Crippen molar-refractivity contribution in [1.29, 1.82) is 0 Å². The van der Waals surface area contributed by atoms with Gasteiger partial charge in [-0.3, -0.25) is 9.59 Å². The van der Waals surface area contributed by atoms with Gasteiger partial charge in [-0.05, 0) is 61.9 Å². The molecule has 0 saturated carbocycles. The van der Waals surface area contributed by atoms with Crippen molar-refractivity contribution in [3.05, 3.63) is 88.4 Å². The summed E-state index contributed by atoms with van der Waals surface area (Å²) in [6, 6.07) is 18.3. The van der Waals surface area contributed by atoms with Gasteiger partial charge in [-0.2, -0.15) is 5.10 Å². The molecule has 0 aliphatic rings. The second-order valence-corrected chi connectivity index (χ2v) is 7.58. The maximum atomic E-state index is 12.3. The number of ether oxygens (including phenoxy) is 2. The van der Waals surface area contributed by atoms with E-state index in [-0.39, 0.29) is 5.75 Å². The van der Waals surface area contributed by atoms with E-state index in [9.17, 15) is 14.4 Å². The highest BCUT2D eigenvalue weighted by Crippen LogP contribution is 2.29. The van der Waals surface area contributed by atoms with Gasteiger partial charge in [0.1, 0.15) is 0 Å². The number of nitrogens with zero attached hydrogens (tertiary/aromatic N) is 1. The van der Waals surface area contributed by atoms with E-state index in [1.165, 1.54) is 7.11 Å². The number of amides is 2. The molecular weight excluding hydrogens is 458 g/mol. The number of aryl methyl sites for hydroxylation is 1. The first-order valence-electron chi connectivity index (χ1n) is 10.2. The molecule has 0 aliphatic carbocycles. The molecule has 0 aliphatic heterocycles. The van der Waals surface area contributed by atoms with E-state index in [0.717, 1.165) is 5.56 Å². The molecule has 0 saturated heterocycles. The molecule has 2 N–H and O–H groups in total. The van der Waals surface area contributed by atoms with Crippen molar-refractivity contribution in [1.82, 2.24) is 5.43 Å². The maximum Gasteiger partial charge on any atom is 0.343 e. The highest BCUT2D eigenvalue weighted by molar-refractivity contribution is 6.40. The normalized spacial score (nSPS) is 10.9. The van der Waals surface area contributed by atoms with E-state index in [1.807, 2.05) is 6.92 Å². The van der Waals surface area contributed by atoms with Gasteiger partial charge in [0.2, 0.25) is 0 Å². The number of benzene rings is 3. The van der Waals surface area contributed by atoms with Gasteiger partial charge in [-0.1, -0.05) is 35.9 Å². The summed E-state index contributed by atoms with van der Waals surface area (Å²) in [4.78, 5) is 36.6. The molecule has 0 atom stereocenters. The maximum absolute atomic E-state index is 12.3. The Morgan fingerprint density at radius 1 is 0.882 bits per heavy atom. The molecule has 0 radical (unpaired) electrons. The highest BCUT2D eigenvalue weighted by Gasteiger charge is 2.16. The first kappa shape index (κ1) is 24.5. The summed E-state index contributed by atoms with van der Waals surface area (Å²) < 4.78 is 10.7. The number of carbonyl (C=O) groups excluding carboxylic acids is 3. The number of halogens is 1. The minimum absolute atomic E-state index is 0.230. The van der Waals surface area contributed by atoms with Crippen LogP contribution < -0.4 is 20.2 Å². The van der Waals surface area contributed by atoms with Gasteiger partial charge in [0, 0.05) is 16.3 Å². The molecule has 2 amide bonds. The summed E-state index contributed by atoms with van der Waals surface area (Å²) >= 11 is 6.03. The highest BCUT2D eigenvalue weighted by atomic mass is 35.5. The number of hydrogen-bond donors (Lipinski definition) is 2. The Morgan fingerprint density at radius 2 is 1.62 bits per heavy atom. The predicted octanol–water partition coefficient (Wildman–Crippen LogP) is 4.36. The topological polar surface area (TPSA) is 106 Å². The van der Waals surface area contributed by atoms with Crippen LogP contribution in [0.25, 0.3) is 0 Å². The van der Waals surface area contributed by atoms with Crippen LogP contribution in [-0.4, -0.2) is 30.6 Å². The Morgan fingerprint density at radius 3 is 2.29 bits per heavy atom. The molecule has 0 spiro atoms. The third-order valence-corrected chi connectivity index (χ3v) is 5.16. The van der Waals surface area contributed by atoms with E-state index in [1.54, 1.807) is 73.7 Å². The molecule has 34 heavy (non-hydrogen) atoms. The molecular formula is C25H22ClN3O5. The van der Waals surface area contributed by atoms with E-state index >= 15 is 0 Å². The molecule has 0 heterocycles. The number of carbonyl (C=O) groups is 3. The minimum Gasteiger partial charge on any atom is -0.493 e. The molecule has 8 nitrogen and oxygen atoms in total. The molecule has 0 fully saturated rings. The van der Waals surface area contributed by atoms with Crippen molar-refractivity contribution in [2.45, 2.75) is 13.8 Å². The SMILES string of the molecule is COc1cc(/C(C)=N/NC(=O)C(=O)Nc2ccc(C)c(Cl)c2)ccc1OC(=O)c1ccccc1. The van der Waals surface area contributed by atoms with Crippen LogP contribution in [0.4, 0.5) is 5.69 Å². The summed E-state index contributed by atoms with van der Waals surface area (Å²) in [6.07, 6.45) is 0. The average Bonchev–Trinajstić information content (AvgIpc) is 2.85. The number of anilines is 1. The third-order valence-electron chi connectivity index (χ3n) is 4.75. The quantitative estimate of drug-likeness (QED) is 0.180. The lowest BCUT2D eigenvalue weighted by atomic mass is 10.1. The Kier molecular flexibility index (Phi) is 8.00. The minimum atomic E-state index is -0.948. The standard InChI is InChI=1S/C25H22ClN3O5/c1-15-9-11-19(14-20(15)26)27-23(30)24(31)29-28-16(2)18-10-12-21(22(13-18)33-3)34-25(32)17-7-5-4-6-8-17/h4-14H,1-3H3,(H,27,30)(H,29,31)/b28-16+. The zero-order valence-corrected chi connectivity index (χ0v) is 19.5. The van der Waals surface area contributed by atoms with E-state index < -0.39 is 17.8 Å². The Balaban J connectivity index is 1.66. The van der Waals surface area contributed by atoms with Gasteiger partial charge < -0.3 is 14.8 Å². The first-order valence-corrected chi connectivity index (χ1v) is 10.5. The molecule has 174 valence electrons. The number of esters is 1. The van der Waals surface area contributed by atoms with Crippen LogP contribution in [0.2, 0.25) is 5.02 Å². The van der Waals surface area contributed by atoms with Gasteiger partial charge in [-0.25, -0.2) is 10.2 Å². The average molecular weight is 480 g/mol. The number of nitrogens with one attached hydrogen (secondary N) is 2. The molecule has 0 aromatic heterocycles. The summed E-state index contributed by atoms with van der Waals surface area (Å²) in [5.74, 6) is -1.83. The van der Waals surface area contributed by atoms with Crippen LogP contribution >= 0.6 is 11.6 Å². The molecule has 3 rings (SSSR count). The zero-order chi connectivity index (χ0) is 24.7. The van der Waals surface area contributed by atoms with Crippen LogP contribution in [-0.2, 0) is 9.59 Å². The predicted molar refractivity (Wildman–Crippen MR) is 130 cm³/mol. The lowest BCUT2D eigenvalue weighted by Crippen LogP contribution is -2.32. The second kappa shape index (κ2) is 11.1. The summed E-state index contributed by atoms with van der Waals surface area (Å²) in [5, 5.41) is 6.90. The Bertz CT molecular complexity index is 1260. The van der Waals surface area contributed by atoms with Crippen LogP contribution in [0.5, 0.6) is 11.5 Å². The van der Waals surface area contributed by atoms with Gasteiger partial charge in [0.15, 0.2) is 11.5 Å². The van der Waals surface area contributed by atoms with Gasteiger partial charge in [0.25, 0.3) is 0 Å². The van der Waals surface area contributed by atoms with Crippen LogP contribution in [0.3, 0.4) is 0 Å². The van der Waals surface area contributed by atoms with Crippen molar-refractivity contribution in [2.24, 2.45) is 5.10 Å². The summed E-state index contributed by atoms with van der Waals surface area (Å²) in [5.41, 5.74) is 4.84. The number of hydrogen-bond acceptors (Lipinski definition) is 6. The van der Waals surface area contributed by atoms with Crippen LogP contribution in [0, 0.1) is 6.92 Å². The zero-order valence-electron chi connectivity index (χ0n) is 18.7. The van der Waals surface area contributed by atoms with Crippen LogP contribution in [0.15, 0.2) is 71.8 Å². The first-order chi connectivity index (χ1) is 16.3. The number of methoxy groups -OCH3 is 1. The molecule has 0 bridgehead atoms. The smallest absolute Gasteiger partial charge is 0.343 e. The van der Waals surface area contributed by atoms with Gasteiger partial charge in [0.05, 0.1) is 18.4 Å². The van der Waals surface area contributed by atoms with Crippen molar-refractivity contribution < 1.29 is 23.9 Å². The Hall–Kier alpha value is -4.17. The molecule has 9 heteroatoms. The largest absolute Gasteiger partial charge is 0.493 e. The summed E-state index contributed by atoms with van der Waals surface area (Å²) in [7, 11) is 1.44. The monoisotopic (exact) mass is 479 g/mol. The summed E-state index contributed by atoms with van der Waals surface area (Å²) in [6.45, 7) is 3.47. The Labute approximate surface area is 201 Å². The van der Waals surface area contributed by atoms with Gasteiger partial charge >= 0.3 is 17.8 Å². The fraction of sp³-hybridized carbons (Fsp3) is 0.120. The van der Waals surface area contributed by atoms with E-state index in [4.69, 9.17) is 21.1 Å². The fourth-order valence-electron chi connectivity index (χ4n) is 2.82. The molecule has 3 aromatic rings. The van der Waals surface area contributed by atoms with Crippen LogP contribution in [0.1, 0.15) is 28.4 Å². The van der Waals surface area contributed by atoms with Crippen molar-refractivity contribution >= 4 is 40.8 Å². The van der Waals surface area contributed by atoms with E-state index in [2.05, 4.69) is 15.8 Å². The van der Waals surface area contributed by atoms with Crippen molar-refractivity contribution in [3.63, 3.8) is 0 Å². The molecule has 3 aromatic carbocycles.